The standard InChI is InChI=1S/C33H25F3N4O4/c1-18-29(9-10-43-18)40-30-13-20(33(41)42)7-8-28(30)38-31(40)14-22-12-26(36)23(15-25(22)35)27-3-2-4-32(39-27)44-17-21-6-5-19(16-37)11-24(21)34/h2-8,11-13,15,18,29H,9-10,14,17H2,1H3,(H,41,42)/t18-,29-/m1/s1. The molecule has 0 saturated carbocycles. The van der Waals surface area contributed by atoms with Gasteiger partial charge in [-0.1, -0.05) is 12.1 Å². The van der Waals surface area contributed by atoms with E-state index in [2.05, 4.69) is 9.97 Å². The number of aromatic carboxylic acids is 1. The molecule has 0 unspecified atom stereocenters. The summed E-state index contributed by atoms with van der Waals surface area (Å²) in [5.41, 5.74) is 1.72. The van der Waals surface area contributed by atoms with Crippen LogP contribution in [0.15, 0.2) is 66.7 Å². The molecule has 0 aliphatic carbocycles. The summed E-state index contributed by atoms with van der Waals surface area (Å²) >= 11 is 0. The molecule has 6 rings (SSSR count). The Kier molecular flexibility index (Phi) is 7.76. The van der Waals surface area contributed by atoms with E-state index in [0.29, 0.717) is 29.9 Å². The van der Waals surface area contributed by atoms with Crippen LogP contribution in [0.5, 0.6) is 5.88 Å². The molecule has 2 atom stereocenters. The summed E-state index contributed by atoms with van der Waals surface area (Å²) in [6.45, 7) is 2.25. The number of rotatable bonds is 8. The zero-order chi connectivity index (χ0) is 31.0. The number of carboxylic acid groups (broad SMARTS) is 1. The second-order valence-electron chi connectivity index (χ2n) is 10.5. The fourth-order valence-electron chi connectivity index (χ4n) is 5.45. The predicted molar refractivity (Wildman–Crippen MR) is 154 cm³/mol. The summed E-state index contributed by atoms with van der Waals surface area (Å²) in [7, 11) is 0. The number of hydrogen-bond donors (Lipinski definition) is 1. The minimum atomic E-state index is -1.08. The summed E-state index contributed by atoms with van der Waals surface area (Å²) in [5, 5.41) is 18.4. The summed E-state index contributed by atoms with van der Waals surface area (Å²) < 4.78 is 58.5. The molecule has 222 valence electrons. The van der Waals surface area contributed by atoms with E-state index in [1.807, 2.05) is 17.6 Å². The van der Waals surface area contributed by atoms with Gasteiger partial charge in [-0.2, -0.15) is 5.26 Å². The van der Waals surface area contributed by atoms with E-state index in [1.54, 1.807) is 12.1 Å². The van der Waals surface area contributed by atoms with E-state index < -0.39 is 23.4 Å². The van der Waals surface area contributed by atoms with Gasteiger partial charge in [0.05, 0.1) is 46.1 Å². The number of carbonyl (C=O) groups is 1. The van der Waals surface area contributed by atoms with Crippen LogP contribution < -0.4 is 4.74 Å². The maximum Gasteiger partial charge on any atom is 0.335 e. The van der Waals surface area contributed by atoms with E-state index in [4.69, 9.17) is 14.7 Å². The molecule has 0 radical (unpaired) electrons. The highest BCUT2D eigenvalue weighted by Crippen LogP contribution is 2.34. The molecular weight excluding hydrogens is 573 g/mol. The van der Waals surface area contributed by atoms with Crippen LogP contribution >= 0.6 is 0 Å². The molecule has 3 heterocycles. The number of carboxylic acids is 1. The molecule has 0 amide bonds. The number of fused-ring (bicyclic) bond motifs is 1. The molecule has 11 heteroatoms. The van der Waals surface area contributed by atoms with Gasteiger partial charge in [0.2, 0.25) is 5.88 Å². The van der Waals surface area contributed by atoms with Crippen LogP contribution in [0.4, 0.5) is 13.2 Å². The highest BCUT2D eigenvalue weighted by molar-refractivity contribution is 5.92. The smallest absolute Gasteiger partial charge is 0.335 e. The fourth-order valence-corrected chi connectivity index (χ4v) is 5.45. The lowest BCUT2D eigenvalue weighted by Gasteiger charge is -2.20. The van der Waals surface area contributed by atoms with Gasteiger partial charge in [0.1, 0.15) is 29.9 Å². The number of aromatic nitrogens is 3. The van der Waals surface area contributed by atoms with E-state index in [-0.39, 0.29) is 64.6 Å². The van der Waals surface area contributed by atoms with Crippen LogP contribution in [0, 0.1) is 28.8 Å². The van der Waals surface area contributed by atoms with Crippen LogP contribution in [0.3, 0.4) is 0 Å². The lowest BCUT2D eigenvalue weighted by Crippen LogP contribution is -2.19. The lowest BCUT2D eigenvalue weighted by atomic mass is 10.0. The van der Waals surface area contributed by atoms with Gasteiger partial charge in [-0.3, -0.25) is 0 Å². The minimum absolute atomic E-state index is 0.0456. The van der Waals surface area contributed by atoms with E-state index >= 15 is 8.78 Å². The zero-order valence-corrected chi connectivity index (χ0v) is 23.4. The molecule has 1 aliphatic rings. The second-order valence-corrected chi connectivity index (χ2v) is 10.5. The molecule has 0 bridgehead atoms. The number of hydrogen-bond acceptors (Lipinski definition) is 6. The molecule has 44 heavy (non-hydrogen) atoms. The minimum Gasteiger partial charge on any atom is -0.478 e. The Hall–Kier alpha value is -5.21. The molecule has 1 fully saturated rings. The Balaban J connectivity index is 1.29. The predicted octanol–water partition coefficient (Wildman–Crippen LogP) is 6.61. The van der Waals surface area contributed by atoms with Gasteiger partial charge in [0, 0.05) is 30.2 Å². The number of nitriles is 1. The van der Waals surface area contributed by atoms with Crippen LogP contribution in [0.25, 0.3) is 22.3 Å². The third-order valence-corrected chi connectivity index (χ3v) is 7.72. The lowest BCUT2D eigenvalue weighted by molar-refractivity contribution is 0.0697. The van der Waals surface area contributed by atoms with E-state index in [0.717, 1.165) is 18.2 Å². The maximum atomic E-state index is 15.6. The van der Waals surface area contributed by atoms with Crippen molar-refractivity contribution in [2.75, 3.05) is 6.61 Å². The largest absolute Gasteiger partial charge is 0.478 e. The highest BCUT2D eigenvalue weighted by Gasteiger charge is 2.30. The van der Waals surface area contributed by atoms with Crippen molar-refractivity contribution in [3.8, 4) is 23.2 Å². The van der Waals surface area contributed by atoms with Crippen molar-refractivity contribution in [1.29, 1.82) is 5.26 Å². The molecule has 8 nitrogen and oxygen atoms in total. The Bertz CT molecular complexity index is 1950. The maximum absolute atomic E-state index is 15.6. The van der Waals surface area contributed by atoms with Gasteiger partial charge < -0.3 is 19.1 Å². The SMILES string of the molecule is C[C@H]1OCC[C@H]1n1c(Cc2cc(F)c(-c3cccc(OCc4ccc(C#N)cc4F)n3)cc2F)nc2ccc(C(=O)O)cc21. The van der Waals surface area contributed by atoms with Crippen molar-refractivity contribution in [3.05, 3.63) is 112 Å². The number of pyridine rings is 1. The topological polar surface area (TPSA) is 110 Å². The molecule has 1 aliphatic heterocycles. The van der Waals surface area contributed by atoms with Crippen molar-refractivity contribution >= 4 is 17.0 Å². The van der Waals surface area contributed by atoms with Crippen molar-refractivity contribution in [2.24, 2.45) is 0 Å². The average molecular weight is 599 g/mol. The number of halogens is 3. The van der Waals surface area contributed by atoms with Crippen molar-refractivity contribution in [2.45, 2.75) is 38.5 Å². The summed E-state index contributed by atoms with van der Waals surface area (Å²) in [5.74, 6) is -2.52. The first kappa shape index (κ1) is 28.9. The van der Waals surface area contributed by atoms with E-state index in [9.17, 15) is 14.3 Å². The van der Waals surface area contributed by atoms with Crippen molar-refractivity contribution in [1.82, 2.24) is 14.5 Å². The fraction of sp³-hybridized carbons (Fsp3) is 0.212. The first-order valence-electron chi connectivity index (χ1n) is 13.8. The third kappa shape index (κ3) is 5.59. The Labute approximate surface area is 249 Å². The summed E-state index contributed by atoms with van der Waals surface area (Å²) in [6, 6.07) is 17.1. The van der Waals surface area contributed by atoms with Gasteiger partial charge in [-0.15, -0.1) is 0 Å². The second kappa shape index (κ2) is 11.8. The van der Waals surface area contributed by atoms with Crippen LogP contribution in [-0.2, 0) is 17.8 Å². The summed E-state index contributed by atoms with van der Waals surface area (Å²) in [6.07, 6.45) is 0.433. The Morgan fingerprint density at radius 2 is 1.86 bits per heavy atom. The first-order chi connectivity index (χ1) is 21.2. The van der Waals surface area contributed by atoms with Gasteiger partial charge in [0.25, 0.3) is 0 Å². The molecular formula is C33H25F3N4O4. The van der Waals surface area contributed by atoms with Gasteiger partial charge in [-0.05, 0) is 67.4 Å². The quantitative estimate of drug-likeness (QED) is 0.214. The molecule has 3 aromatic carbocycles. The van der Waals surface area contributed by atoms with Crippen LogP contribution in [0.2, 0.25) is 0 Å². The normalized spacial score (nSPS) is 16.2. The summed E-state index contributed by atoms with van der Waals surface area (Å²) in [4.78, 5) is 20.6. The highest BCUT2D eigenvalue weighted by atomic mass is 19.1. The number of benzene rings is 3. The molecule has 5 aromatic rings. The average Bonchev–Trinajstić information content (AvgIpc) is 3.59. The van der Waals surface area contributed by atoms with Crippen LogP contribution in [-0.4, -0.2) is 38.3 Å². The number of nitrogens with zero attached hydrogens (tertiary/aromatic N) is 4. The van der Waals surface area contributed by atoms with Crippen LogP contribution in [0.1, 0.15) is 52.3 Å². The Morgan fingerprint density at radius 1 is 1.05 bits per heavy atom. The third-order valence-electron chi connectivity index (χ3n) is 7.72. The van der Waals surface area contributed by atoms with Gasteiger partial charge in [0.15, 0.2) is 0 Å². The number of imidazole rings is 1. The molecule has 1 saturated heterocycles. The molecule has 0 spiro atoms. The monoisotopic (exact) mass is 598 g/mol. The molecule has 2 aromatic heterocycles. The Morgan fingerprint density at radius 3 is 2.59 bits per heavy atom. The van der Waals surface area contributed by atoms with E-state index in [1.165, 1.54) is 36.4 Å². The van der Waals surface area contributed by atoms with Gasteiger partial charge in [-0.25, -0.2) is 27.9 Å². The number of ether oxygens (including phenoxy) is 2. The van der Waals surface area contributed by atoms with Crippen molar-refractivity contribution < 1.29 is 32.5 Å². The van der Waals surface area contributed by atoms with Crippen molar-refractivity contribution in [3.63, 3.8) is 0 Å². The zero-order valence-electron chi connectivity index (χ0n) is 23.4. The first-order valence-corrected chi connectivity index (χ1v) is 13.8. The molecule has 1 N–H and O–H groups in total. The van der Waals surface area contributed by atoms with Gasteiger partial charge >= 0.3 is 5.97 Å².